The number of hydrogen-bond donors (Lipinski definition) is 1. The highest BCUT2D eigenvalue weighted by molar-refractivity contribution is 5.82. The van der Waals surface area contributed by atoms with E-state index in [0.717, 1.165) is 55.9 Å². The summed E-state index contributed by atoms with van der Waals surface area (Å²) in [7, 11) is 0. The van der Waals surface area contributed by atoms with Crippen LogP contribution in [-0.2, 0) is 4.79 Å². The van der Waals surface area contributed by atoms with Crippen molar-refractivity contribution in [2.24, 2.45) is 5.92 Å². The first kappa shape index (κ1) is 16.3. The molecular formula is C21H23N5O. The van der Waals surface area contributed by atoms with E-state index in [1.54, 1.807) is 6.33 Å². The molecule has 1 amide bonds. The Morgan fingerprint density at radius 1 is 1.07 bits per heavy atom. The molecule has 1 aromatic carbocycles. The molecule has 0 radical (unpaired) electrons. The highest BCUT2D eigenvalue weighted by Gasteiger charge is 2.31. The fraction of sp³-hybridized carbons (Fsp3) is 0.381. The second-order valence-corrected chi connectivity index (χ2v) is 7.55. The number of piperidine rings is 1. The van der Waals surface area contributed by atoms with Crippen molar-refractivity contribution in [2.75, 3.05) is 18.0 Å². The van der Waals surface area contributed by atoms with Gasteiger partial charge in [0.15, 0.2) is 0 Å². The van der Waals surface area contributed by atoms with Crippen molar-refractivity contribution < 1.29 is 4.79 Å². The van der Waals surface area contributed by atoms with Crippen LogP contribution in [0, 0.1) is 5.92 Å². The molecule has 2 aliphatic rings. The molecule has 0 bridgehead atoms. The van der Waals surface area contributed by atoms with Crippen LogP contribution in [0.1, 0.15) is 25.7 Å². The summed E-state index contributed by atoms with van der Waals surface area (Å²) in [4.78, 5) is 23.6. The van der Waals surface area contributed by atoms with E-state index >= 15 is 0 Å². The fourth-order valence-corrected chi connectivity index (χ4v) is 3.87. The second-order valence-electron chi connectivity index (χ2n) is 7.55. The van der Waals surface area contributed by atoms with E-state index in [0.29, 0.717) is 6.04 Å². The van der Waals surface area contributed by atoms with Crippen LogP contribution in [0.4, 0.5) is 5.82 Å². The number of carbonyl (C=O) groups is 1. The van der Waals surface area contributed by atoms with Gasteiger partial charge in [0.25, 0.3) is 0 Å². The zero-order valence-electron chi connectivity index (χ0n) is 15.2. The Hall–Kier alpha value is -2.89. The molecule has 0 spiro atoms. The first-order chi connectivity index (χ1) is 13.3. The lowest BCUT2D eigenvalue weighted by atomic mass is 9.97. The highest BCUT2D eigenvalue weighted by Crippen LogP contribution is 2.26. The maximum absolute atomic E-state index is 12.5. The first-order valence-corrected chi connectivity index (χ1v) is 9.72. The number of rotatable bonds is 4. The number of nitrogens with zero attached hydrogens (tertiary/aromatic N) is 4. The maximum Gasteiger partial charge on any atom is 0.225 e. The molecule has 5 rings (SSSR count). The summed E-state index contributed by atoms with van der Waals surface area (Å²) in [6.07, 6.45) is 7.88. The topological polar surface area (TPSA) is 63.1 Å². The van der Waals surface area contributed by atoms with E-state index in [2.05, 4.69) is 43.0 Å². The van der Waals surface area contributed by atoms with Gasteiger partial charge in [-0.3, -0.25) is 4.79 Å². The number of anilines is 1. The predicted octanol–water partition coefficient (Wildman–Crippen LogP) is 2.92. The van der Waals surface area contributed by atoms with Crippen molar-refractivity contribution in [1.29, 1.82) is 0 Å². The van der Waals surface area contributed by atoms with E-state index < -0.39 is 0 Å². The van der Waals surface area contributed by atoms with Crippen LogP contribution in [0.5, 0.6) is 0 Å². The molecule has 27 heavy (non-hydrogen) atoms. The lowest BCUT2D eigenvalue weighted by molar-refractivity contribution is -0.125. The van der Waals surface area contributed by atoms with Crippen LogP contribution in [0.15, 0.2) is 48.9 Å². The summed E-state index contributed by atoms with van der Waals surface area (Å²) in [5, 5.41) is 4.33. The third-order valence-electron chi connectivity index (χ3n) is 5.52. The first-order valence-electron chi connectivity index (χ1n) is 9.72. The van der Waals surface area contributed by atoms with Gasteiger partial charge in [0, 0.05) is 31.4 Å². The van der Waals surface area contributed by atoms with Gasteiger partial charge in [-0.05, 0) is 43.2 Å². The van der Waals surface area contributed by atoms with Crippen molar-refractivity contribution in [3.8, 4) is 5.82 Å². The van der Waals surface area contributed by atoms with Gasteiger partial charge in [0.1, 0.15) is 18.0 Å². The van der Waals surface area contributed by atoms with Crippen LogP contribution in [0.3, 0.4) is 0 Å². The number of benzene rings is 1. The zero-order valence-corrected chi connectivity index (χ0v) is 15.2. The van der Waals surface area contributed by atoms with Gasteiger partial charge in [0.2, 0.25) is 5.91 Å². The third-order valence-corrected chi connectivity index (χ3v) is 5.52. The van der Waals surface area contributed by atoms with Crippen LogP contribution in [0.25, 0.3) is 16.7 Å². The van der Waals surface area contributed by atoms with Gasteiger partial charge in [-0.25, -0.2) is 9.97 Å². The summed E-state index contributed by atoms with van der Waals surface area (Å²) in [6, 6.07) is 12.8. The van der Waals surface area contributed by atoms with E-state index in [1.165, 1.54) is 5.39 Å². The van der Waals surface area contributed by atoms with Gasteiger partial charge in [-0.1, -0.05) is 18.2 Å². The molecule has 6 heteroatoms. The molecule has 2 aromatic heterocycles. The number of nitrogens with one attached hydrogen (secondary N) is 1. The molecule has 1 saturated heterocycles. The van der Waals surface area contributed by atoms with Crippen molar-refractivity contribution in [3.63, 3.8) is 0 Å². The minimum atomic E-state index is 0.0465. The van der Waals surface area contributed by atoms with Gasteiger partial charge in [0.05, 0.1) is 11.4 Å². The summed E-state index contributed by atoms with van der Waals surface area (Å²) < 4.78 is 2.09. The van der Waals surface area contributed by atoms with Crippen LogP contribution < -0.4 is 10.2 Å². The molecule has 1 aliphatic heterocycles. The monoisotopic (exact) mass is 361 g/mol. The summed E-state index contributed by atoms with van der Waals surface area (Å²) >= 11 is 0. The average molecular weight is 361 g/mol. The van der Waals surface area contributed by atoms with E-state index in [9.17, 15) is 4.79 Å². The maximum atomic E-state index is 12.5. The lowest BCUT2D eigenvalue weighted by Gasteiger charge is -2.33. The van der Waals surface area contributed by atoms with Crippen LogP contribution in [-0.4, -0.2) is 39.6 Å². The molecule has 0 unspecified atom stereocenters. The van der Waals surface area contributed by atoms with Crippen molar-refractivity contribution in [2.45, 2.75) is 31.7 Å². The Kier molecular flexibility index (Phi) is 4.03. The molecule has 1 N–H and O–H groups in total. The summed E-state index contributed by atoms with van der Waals surface area (Å²) in [5.41, 5.74) is 1.13. The average Bonchev–Trinajstić information content (AvgIpc) is 3.43. The number of fused-ring (bicyclic) bond motifs is 1. The van der Waals surface area contributed by atoms with Crippen molar-refractivity contribution in [3.05, 3.63) is 48.9 Å². The zero-order chi connectivity index (χ0) is 18.2. The van der Waals surface area contributed by atoms with Gasteiger partial charge < -0.3 is 14.8 Å². The number of carbonyl (C=O) groups excluding carboxylic acids is 1. The lowest BCUT2D eigenvalue weighted by Crippen LogP contribution is -2.44. The Labute approximate surface area is 158 Å². The summed E-state index contributed by atoms with van der Waals surface area (Å²) in [6.45, 7) is 1.65. The number of para-hydroxylation sites is 1. The van der Waals surface area contributed by atoms with Gasteiger partial charge >= 0.3 is 0 Å². The minimum absolute atomic E-state index is 0.0465. The van der Waals surface area contributed by atoms with E-state index in [-0.39, 0.29) is 11.8 Å². The third kappa shape index (κ3) is 3.27. The number of aromatic nitrogens is 3. The van der Waals surface area contributed by atoms with Gasteiger partial charge in [-0.15, -0.1) is 0 Å². The standard InChI is InChI=1S/C21H23N5O/c27-21(24-17-7-8-17)16-5-3-10-25(13-16)19-12-20(23-14-22-19)26-11-9-15-4-1-2-6-18(15)26/h1-2,4,6,9,11-12,14,16-17H,3,5,7-8,10,13H2,(H,24,27)/t16-/m0/s1. The van der Waals surface area contributed by atoms with Gasteiger partial charge in [-0.2, -0.15) is 0 Å². The molecule has 138 valence electrons. The van der Waals surface area contributed by atoms with E-state index in [1.807, 2.05) is 24.4 Å². The molecule has 1 aliphatic carbocycles. The molecule has 3 aromatic rings. The Morgan fingerprint density at radius 3 is 2.81 bits per heavy atom. The highest BCUT2D eigenvalue weighted by atomic mass is 16.2. The minimum Gasteiger partial charge on any atom is -0.356 e. The number of hydrogen-bond acceptors (Lipinski definition) is 4. The van der Waals surface area contributed by atoms with E-state index in [4.69, 9.17) is 0 Å². The van der Waals surface area contributed by atoms with Crippen molar-refractivity contribution in [1.82, 2.24) is 19.9 Å². The smallest absolute Gasteiger partial charge is 0.225 e. The molecule has 1 atom stereocenters. The molecular weight excluding hydrogens is 338 g/mol. The Balaban J connectivity index is 1.39. The molecule has 3 heterocycles. The van der Waals surface area contributed by atoms with Crippen LogP contribution in [0.2, 0.25) is 0 Å². The van der Waals surface area contributed by atoms with Crippen LogP contribution >= 0.6 is 0 Å². The normalized spacial score (nSPS) is 20.0. The Bertz CT molecular complexity index is 977. The SMILES string of the molecule is O=C(NC1CC1)[C@H]1CCCN(c2cc(-n3ccc4ccccc43)ncn2)C1. The van der Waals surface area contributed by atoms with Crippen molar-refractivity contribution >= 4 is 22.6 Å². The largest absolute Gasteiger partial charge is 0.356 e. The quantitative estimate of drug-likeness (QED) is 0.776. The summed E-state index contributed by atoms with van der Waals surface area (Å²) in [5.74, 6) is 1.99. The second kappa shape index (κ2) is 6.68. The number of amides is 1. The molecule has 1 saturated carbocycles. The fourth-order valence-electron chi connectivity index (χ4n) is 3.87. The molecule has 6 nitrogen and oxygen atoms in total. The predicted molar refractivity (Wildman–Crippen MR) is 105 cm³/mol. The molecule has 2 fully saturated rings. The Morgan fingerprint density at radius 2 is 1.93 bits per heavy atom.